The van der Waals surface area contributed by atoms with Crippen molar-refractivity contribution in [3.63, 3.8) is 0 Å². The summed E-state index contributed by atoms with van der Waals surface area (Å²) in [6, 6.07) is 4.32. The number of carbonyl (C=O) groups excluding carboxylic acids is 2. The van der Waals surface area contributed by atoms with E-state index in [1.165, 1.54) is 21.9 Å². The van der Waals surface area contributed by atoms with Crippen molar-refractivity contribution in [2.45, 2.75) is 72.0 Å². The van der Waals surface area contributed by atoms with Crippen molar-refractivity contribution in [3.05, 3.63) is 40.2 Å². The fourth-order valence-electron chi connectivity index (χ4n) is 3.69. The van der Waals surface area contributed by atoms with Crippen LogP contribution >= 0.6 is 11.3 Å². The van der Waals surface area contributed by atoms with E-state index in [-0.39, 0.29) is 29.7 Å². The topological polar surface area (TPSA) is 122 Å². The van der Waals surface area contributed by atoms with Gasteiger partial charge in [0.25, 0.3) is 0 Å². The zero-order chi connectivity index (χ0) is 33.9. The first-order valence-electron chi connectivity index (χ1n) is 14.6. The van der Waals surface area contributed by atoms with Crippen LogP contribution in [0.2, 0.25) is 0 Å². The van der Waals surface area contributed by atoms with Gasteiger partial charge in [-0.3, -0.25) is 4.90 Å². The highest BCUT2D eigenvalue weighted by Gasteiger charge is 2.28. The Morgan fingerprint density at radius 1 is 0.978 bits per heavy atom. The maximum atomic E-state index is 14.7. The van der Waals surface area contributed by atoms with Gasteiger partial charge in [0.05, 0.1) is 13.2 Å². The summed E-state index contributed by atoms with van der Waals surface area (Å²) in [6.07, 6.45) is 0.219. The molecule has 0 unspecified atom stereocenters. The van der Waals surface area contributed by atoms with Crippen molar-refractivity contribution < 1.29 is 38.1 Å². The van der Waals surface area contributed by atoms with Gasteiger partial charge in [-0.1, -0.05) is 11.8 Å². The van der Waals surface area contributed by atoms with Crippen molar-refractivity contribution >= 4 is 34.6 Å². The van der Waals surface area contributed by atoms with E-state index in [2.05, 4.69) is 16.8 Å². The number of benzene rings is 1. The number of ether oxygens (including phenoxy) is 3. The summed E-state index contributed by atoms with van der Waals surface area (Å²) in [6.45, 7) is 11.9. The van der Waals surface area contributed by atoms with Crippen LogP contribution < -0.4 is 9.64 Å². The molecule has 1 heterocycles. The molecule has 1 aromatic carbocycles. The van der Waals surface area contributed by atoms with Gasteiger partial charge in [0, 0.05) is 24.0 Å². The standard InChI is InChI=1S/C32H45FN4O7S/c1-31(2,3)43-29(40)36(9)18-10-13-22-15-16-24(23(33)21-22)42-20-11-14-25-26(27(38)39)34-28(45-25)37(19-12-17-35(7)8)30(41)44-32(4,5)6/h15-16,21H,11-12,14,17-20H2,1-9H3,(H,38,39). The van der Waals surface area contributed by atoms with E-state index in [1.54, 1.807) is 54.7 Å². The SMILES string of the molecule is CN(C)CCCN(C(=O)OC(C)(C)C)c1nc(C(=O)O)c(CCCOc2ccc(C#CCN(C)C(=O)OC(C)(C)C)cc2F)s1. The van der Waals surface area contributed by atoms with Crippen LogP contribution in [0.4, 0.5) is 19.1 Å². The molecular formula is C32H45FN4O7S. The molecule has 2 rings (SSSR count). The number of carbonyl (C=O) groups is 3. The molecular weight excluding hydrogens is 603 g/mol. The van der Waals surface area contributed by atoms with Gasteiger partial charge < -0.3 is 29.1 Å². The number of halogens is 1. The molecule has 0 spiro atoms. The predicted octanol–water partition coefficient (Wildman–Crippen LogP) is 5.90. The van der Waals surface area contributed by atoms with Gasteiger partial charge in [-0.05, 0) is 99.6 Å². The van der Waals surface area contributed by atoms with Crippen LogP contribution in [0.15, 0.2) is 18.2 Å². The van der Waals surface area contributed by atoms with E-state index in [0.717, 1.165) is 17.9 Å². The number of anilines is 1. The Morgan fingerprint density at radius 2 is 1.62 bits per heavy atom. The largest absolute Gasteiger partial charge is 0.491 e. The number of hydrogen-bond acceptors (Lipinski definition) is 9. The van der Waals surface area contributed by atoms with Crippen LogP contribution in [0.25, 0.3) is 0 Å². The lowest BCUT2D eigenvalue weighted by Crippen LogP contribution is -2.38. The number of nitrogens with zero attached hydrogens (tertiary/aromatic N) is 4. The van der Waals surface area contributed by atoms with Gasteiger partial charge in [-0.15, -0.1) is 11.3 Å². The molecule has 0 atom stereocenters. The molecule has 0 saturated heterocycles. The molecule has 1 aromatic heterocycles. The van der Waals surface area contributed by atoms with Gasteiger partial charge in [-0.25, -0.2) is 23.8 Å². The molecule has 2 amide bonds. The van der Waals surface area contributed by atoms with Gasteiger partial charge in [-0.2, -0.15) is 0 Å². The number of amides is 2. The third kappa shape index (κ3) is 13.3. The lowest BCUT2D eigenvalue weighted by molar-refractivity contribution is 0.0320. The molecule has 0 saturated carbocycles. The van der Waals surface area contributed by atoms with E-state index >= 15 is 0 Å². The Balaban J connectivity index is 2.04. The van der Waals surface area contributed by atoms with E-state index in [4.69, 9.17) is 14.2 Å². The number of aromatic carboxylic acids is 1. The Labute approximate surface area is 269 Å². The summed E-state index contributed by atoms with van der Waals surface area (Å²) in [7, 11) is 5.42. The number of carboxylic acid groups (broad SMARTS) is 1. The monoisotopic (exact) mass is 648 g/mol. The van der Waals surface area contributed by atoms with Crippen LogP contribution in [0.3, 0.4) is 0 Å². The average molecular weight is 649 g/mol. The Bertz CT molecular complexity index is 1390. The number of carboxylic acids is 1. The van der Waals surface area contributed by atoms with Crippen LogP contribution in [0, 0.1) is 17.7 Å². The number of thiazole rings is 1. The van der Waals surface area contributed by atoms with E-state index in [9.17, 15) is 23.9 Å². The molecule has 0 aliphatic rings. The molecule has 0 fully saturated rings. The number of aromatic nitrogens is 1. The second-order valence-electron chi connectivity index (χ2n) is 12.6. The maximum absolute atomic E-state index is 14.7. The van der Waals surface area contributed by atoms with Crippen LogP contribution in [0.5, 0.6) is 5.75 Å². The van der Waals surface area contributed by atoms with E-state index in [0.29, 0.717) is 36.2 Å². The van der Waals surface area contributed by atoms with Crippen LogP contribution in [-0.2, 0) is 15.9 Å². The number of aryl methyl sites for hydroxylation is 1. The normalized spacial score (nSPS) is 11.4. The first-order valence-corrected chi connectivity index (χ1v) is 15.4. The Hall–Kier alpha value is -3.89. The van der Waals surface area contributed by atoms with Crippen molar-refractivity contribution in [1.82, 2.24) is 14.8 Å². The molecule has 0 aliphatic heterocycles. The minimum Gasteiger partial charge on any atom is -0.491 e. The van der Waals surface area contributed by atoms with Crippen molar-refractivity contribution in [1.29, 1.82) is 0 Å². The first kappa shape index (κ1) is 37.3. The van der Waals surface area contributed by atoms with Crippen LogP contribution in [0.1, 0.15) is 75.3 Å². The Kier molecular flexibility index (Phi) is 13.6. The molecule has 0 bridgehead atoms. The molecule has 0 aliphatic carbocycles. The highest BCUT2D eigenvalue weighted by Crippen LogP contribution is 2.29. The predicted molar refractivity (Wildman–Crippen MR) is 172 cm³/mol. The highest BCUT2D eigenvalue weighted by molar-refractivity contribution is 7.16. The maximum Gasteiger partial charge on any atom is 0.416 e. The van der Waals surface area contributed by atoms with Gasteiger partial charge in [0.1, 0.15) is 11.2 Å². The number of hydrogen-bond donors (Lipinski definition) is 1. The third-order valence-corrected chi connectivity index (χ3v) is 6.85. The lowest BCUT2D eigenvalue weighted by atomic mass is 10.2. The zero-order valence-electron chi connectivity index (χ0n) is 27.7. The minimum atomic E-state index is -1.20. The molecule has 13 heteroatoms. The van der Waals surface area contributed by atoms with Crippen molar-refractivity contribution in [2.24, 2.45) is 0 Å². The summed E-state index contributed by atoms with van der Waals surface area (Å²) >= 11 is 1.12. The summed E-state index contributed by atoms with van der Waals surface area (Å²) in [4.78, 5) is 46.4. The van der Waals surface area contributed by atoms with Crippen molar-refractivity contribution in [2.75, 3.05) is 52.3 Å². The molecule has 45 heavy (non-hydrogen) atoms. The molecule has 1 N–H and O–H groups in total. The second-order valence-corrected chi connectivity index (χ2v) is 13.7. The zero-order valence-corrected chi connectivity index (χ0v) is 28.5. The van der Waals surface area contributed by atoms with Gasteiger partial charge in [0.15, 0.2) is 22.4 Å². The van der Waals surface area contributed by atoms with Gasteiger partial charge in [0.2, 0.25) is 0 Å². The first-order chi connectivity index (χ1) is 20.9. The summed E-state index contributed by atoms with van der Waals surface area (Å²) < 4.78 is 31.1. The van der Waals surface area contributed by atoms with Crippen molar-refractivity contribution in [3.8, 4) is 17.6 Å². The minimum absolute atomic E-state index is 0.0341. The quantitative estimate of drug-likeness (QED) is 0.221. The Morgan fingerprint density at radius 3 is 2.20 bits per heavy atom. The number of rotatable bonds is 12. The van der Waals surface area contributed by atoms with Crippen LogP contribution in [-0.4, -0.2) is 96.6 Å². The summed E-state index contributed by atoms with van der Waals surface area (Å²) in [5, 5.41) is 10.0. The molecule has 2 aromatic rings. The summed E-state index contributed by atoms with van der Waals surface area (Å²) in [5.74, 6) is 3.88. The third-order valence-electron chi connectivity index (χ3n) is 5.71. The molecule has 248 valence electrons. The molecule has 11 nitrogen and oxygen atoms in total. The molecule has 0 radical (unpaired) electrons. The van der Waals surface area contributed by atoms with Gasteiger partial charge >= 0.3 is 18.2 Å². The summed E-state index contributed by atoms with van der Waals surface area (Å²) in [5.41, 5.74) is -1.07. The smallest absolute Gasteiger partial charge is 0.416 e. The fourth-order valence-corrected chi connectivity index (χ4v) is 4.80. The average Bonchev–Trinajstić information content (AvgIpc) is 3.32. The fraction of sp³-hybridized carbons (Fsp3) is 0.562. The van der Waals surface area contributed by atoms with E-state index < -0.39 is 35.2 Å². The second kappa shape index (κ2) is 16.4. The van der Waals surface area contributed by atoms with E-state index in [1.807, 2.05) is 19.0 Å². The highest BCUT2D eigenvalue weighted by atomic mass is 32.1. The lowest BCUT2D eigenvalue weighted by Gasteiger charge is -2.26.